The number of aliphatic hydroxyl groups is 3. The molecule has 2 saturated heterocycles. The Balaban J connectivity index is 2.58. The molecule has 270 valence electrons. The molecule has 0 radical (unpaired) electrons. The second-order valence-electron chi connectivity index (χ2n) is 14.8. The van der Waals surface area contributed by atoms with Crippen LogP contribution in [0.3, 0.4) is 0 Å². The maximum Gasteiger partial charge on any atom is 0.311 e. The molecule has 0 saturated carbocycles. The molecule has 46 heavy (non-hydrogen) atoms. The number of esters is 1. The fourth-order valence-corrected chi connectivity index (χ4v) is 7.62. The van der Waals surface area contributed by atoms with E-state index < -0.39 is 76.8 Å². The van der Waals surface area contributed by atoms with E-state index >= 15 is 0 Å². The molecule has 11 nitrogen and oxygen atoms in total. The summed E-state index contributed by atoms with van der Waals surface area (Å²) < 4.78 is 31.0. The van der Waals surface area contributed by atoms with Gasteiger partial charge in [-0.3, -0.25) is 9.59 Å². The van der Waals surface area contributed by atoms with Crippen molar-refractivity contribution in [3.63, 3.8) is 0 Å². The Labute approximate surface area is 277 Å². The molecular weight excluding hydrogens is 594 g/mol. The van der Waals surface area contributed by atoms with Crippen molar-refractivity contribution in [3.8, 4) is 0 Å². The third-order valence-electron chi connectivity index (χ3n) is 11.7. The smallest absolute Gasteiger partial charge is 0.311 e. The van der Waals surface area contributed by atoms with Gasteiger partial charge in [-0.05, 0) is 72.3 Å². The van der Waals surface area contributed by atoms with E-state index in [0.29, 0.717) is 6.42 Å². The standard InChI is InChI=1S/C35H65NO10/c1-14-16-36-19-35(41)25(8)44-27(18-33(35,10)43-13)46-29-21(4)24(7)32(9,42-12)17-20(3)28(37)22(5)30(38)34(11,40)26(15-2)45-31(39)23(29)6/h20-27,29-30,36,38,40-41H,14-19H2,1-13H3/t20-,21-,22+,23-,24-,25+,26-,27+,29+,30-,32-,33-,34-,35-/m1/s1. The van der Waals surface area contributed by atoms with Crippen LogP contribution in [-0.2, 0) is 33.3 Å². The normalized spacial score (nSPS) is 46.9. The summed E-state index contributed by atoms with van der Waals surface area (Å²) in [6, 6.07) is 0. The molecule has 11 heteroatoms. The van der Waals surface area contributed by atoms with Gasteiger partial charge in [0.15, 0.2) is 6.29 Å². The third kappa shape index (κ3) is 8.16. The minimum absolute atomic E-state index is 0.195. The van der Waals surface area contributed by atoms with Gasteiger partial charge in [0.1, 0.15) is 28.7 Å². The molecular formula is C35H65NO10. The van der Waals surface area contributed by atoms with Gasteiger partial charge in [-0.25, -0.2) is 0 Å². The number of carbonyl (C=O) groups excluding carboxylic acids is 2. The summed E-state index contributed by atoms with van der Waals surface area (Å²) in [6.07, 6.45) is -3.12. The molecule has 14 atom stereocenters. The van der Waals surface area contributed by atoms with Crippen molar-refractivity contribution in [2.45, 2.75) is 155 Å². The Morgan fingerprint density at radius 1 is 0.935 bits per heavy atom. The summed E-state index contributed by atoms with van der Waals surface area (Å²) in [7, 11) is 3.17. The first-order chi connectivity index (χ1) is 21.2. The van der Waals surface area contributed by atoms with Gasteiger partial charge in [-0.1, -0.05) is 41.5 Å². The number of carbonyl (C=O) groups is 2. The van der Waals surface area contributed by atoms with Gasteiger partial charge in [-0.2, -0.15) is 0 Å². The first-order valence-electron chi connectivity index (χ1n) is 17.2. The van der Waals surface area contributed by atoms with E-state index in [1.807, 2.05) is 34.6 Å². The number of nitrogens with one attached hydrogen (secondary N) is 1. The molecule has 2 aliphatic rings. The van der Waals surface area contributed by atoms with Crippen molar-refractivity contribution < 1.29 is 48.6 Å². The van der Waals surface area contributed by atoms with Gasteiger partial charge in [-0.15, -0.1) is 0 Å². The van der Waals surface area contributed by atoms with Crippen LogP contribution in [-0.4, -0.2) is 107 Å². The quantitative estimate of drug-likeness (QED) is 0.212. The van der Waals surface area contributed by atoms with E-state index in [1.165, 1.54) is 6.92 Å². The summed E-state index contributed by atoms with van der Waals surface area (Å²) >= 11 is 0. The van der Waals surface area contributed by atoms with Crippen molar-refractivity contribution in [2.24, 2.45) is 29.6 Å². The van der Waals surface area contributed by atoms with E-state index in [-0.39, 0.29) is 37.0 Å². The molecule has 0 aromatic heterocycles. The molecule has 2 heterocycles. The molecule has 2 aliphatic heterocycles. The van der Waals surface area contributed by atoms with Crippen LogP contribution in [0.25, 0.3) is 0 Å². The molecule has 0 aromatic carbocycles. The molecule has 0 unspecified atom stereocenters. The average molecular weight is 660 g/mol. The molecule has 0 aromatic rings. The molecule has 2 rings (SSSR count). The Morgan fingerprint density at radius 2 is 1.54 bits per heavy atom. The van der Waals surface area contributed by atoms with Crippen molar-refractivity contribution in [2.75, 3.05) is 27.3 Å². The summed E-state index contributed by atoms with van der Waals surface area (Å²) in [4.78, 5) is 27.5. The van der Waals surface area contributed by atoms with Crippen LogP contribution in [0, 0.1) is 29.6 Å². The van der Waals surface area contributed by atoms with Crippen molar-refractivity contribution >= 4 is 11.8 Å². The van der Waals surface area contributed by atoms with Crippen LogP contribution in [0.1, 0.15) is 102 Å². The van der Waals surface area contributed by atoms with Gasteiger partial charge in [0, 0.05) is 39.0 Å². The predicted molar refractivity (Wildman–Crippen MR) is 175 cm³/mol. The maximum absolute atomic E-state index is 13.9. The van der Waals surface area contributed by atoms with Crippen molar-refractivity contribution in [3.05, 3.63) is 0 Å². The summed E-state index contributed by atoms with van der Waals surface area (Å²) in [6.45, 7) is 20.9. The SMILES string of the molecule is CCCNC[C@@]1(O)[C@H](C)O[C@@H](O[C@H]2[C@H](C)[C@@H](C)[C@](C)(OC)C[C@@H](C)C(=O)[C@H](C)[C@@H](O)[C@](C)(O)[C@@H](CC)OC(=O)[C@@H]2C)C[C@@]1(C)OC. The zero-order chi connectivity index (χ0) is 35.4. The monoisotopic (exact) mass is 659 g/mol. The van der Waals surface area contributed by atoms with Crippen LogP contribution < -0.4 is 5.32 Å². The molecule has 0 aliphatic carbocycles. The molecule has 0 bridgehead atoms. The van der Waals surface area contributed by atoms with E-state index in [1.54, 1.807) is 41.9 Å². The van der Waals surface area contributed by atoms with Gasteiger partial charge < -0.3 is 44.3 Å². The zero-order valence-corrected chi connectivity index (χ0v) is 30.7. The largest absolute Gasteiger partial charge is 0.459 e. The number of cyclic esters (lactones) is 1. The van der Waals surface area contributed by atoms with E-state index in [9.17, 15) is 24.9 Å². The zero-order valence-electron chi connectivity index (χ0n) is 30.7. The topological polar surface area (TPSA) is 153 Å². The summed E-state index contributed by atoms with van der Waals surface area (Å²) in [5.41, 5.74) is -5.08. The predicted octanol–water partition coefficient (Wildman–Crippen LogP) is 3.63. The third-order valence-corrected chi connectivity index (χ3v) is 11.7. The first-order valence-corrected chi connectivity index (χ1v) is 17.2. The summed E-state index contributed by atoms with van der Waals surface area (Å²) in [5.74, 6) is -3.55. The van der Waals surface area contributed by atoms with Gasteiger partial charge in [0.2, 0.25) is 0 Å². The highest BCUT2D eigenvalue weighted by Crippen LogP contribution is 2.44. The number of ketones is 1. The molecule has 2 fully saturated rings. The van der Waals surface area contributed by atoms with Crippen LogP contribution >= 0.6 is 0 Å². The van der Waals surface area contributed by atoms with Crippen LogP contribution in [0.15, 0.2) is 0 Å². The minimum atomic E-state index is -1.89. The number of hydrogen-bond acceptors (Lipinski definition) is 11. The Morgan fingerprint density at radius 3 is 2.07 bits per heavy atom. The van der Waals surface area contributed by atoms with Crippen molar-refractivity contribution in [1.29, 1.82) is 0 Å². The molecule has 4 N–H and O–H groups in total. The lowest BCUT2D eigenvalue weighted by Crippen LogP contribution is -2.70. The van der Waals surface area contributed by atoms with Crippen molar-refractivity contribution in [1.82, 2.24) is 5.32 Å². The second kappa shape index (κ2) is 16.0. The molecule has 0 spiro atoms. The maximum atomic E-state index is 13.9. The highest BCUT2D eigenvalue weighted by Gasteiger charge is 2.58. The van der Waals surface area contributed by atoms with Crippen LogP contribution in [0.4, 0.5) is 0 Å². The van der Waals surface area contributed by atoms with Crippen LogP contribution in [0.5, 0.6) is 0 Å². The Bertz CT molecular complexity index is 1010. The fraction of sp³-hybridized carbons (Fsp3) is 0.943. The summed E-state index contributed by atoms with van der Waals surface area (Å²) in [5, 5.41) is 37.9. The molecule has 0 amide bonds. The lowest BCUT2D eigenvalue weighted by atomic mass is 9.70. The van der Waals surface area contributed by atoms with E-state index in [0.717, 1.165) is 13.0 Å². The van der Waals surface area contributed by atoms with E-state index in [2.05, 4.69) is 12.2 Å². The Kier molecular flexibility index (Phi) is 14.3. The number of rotatable bonds is 9. The second-order valence-corrected chi connectivity index (χ2v) is 14.8. The fourth-order valence-electron chi connectivity index (χ4n) is 7.62. The average Bonchev–Trinajstić information content (AvgIpc) is 3.02. The van der Waals surface area contributed by atoms with Gasteiger partial charge in [0.25, 0.3) is 0 Å². The number of aliphatic hydroxyl groups excluding tert-OH is 1. The number of hydrogen-bond donors (Lipinski definition) is 4. The van der Waals surface area contributed by atoms with E-state index in [4.69, 9.17) is 23.7 Å². The first kappa shape index (κ1) is 41.0. The lowest BCUT2D eigenvalue weighted by molar-refractivity contribution is -0.329. The Hall–Kier alpha value is -1.18. The number of Topliss-reactive ketones (excluding diaryl/α,β-unsaturated/α-hetero) is 1. The minimum Gasteiger partial charge on any atom is -0.459 e. The highest BCUT2D eigenvalue weighted by atomic mass is 16.7. The number of methoxy groups -OCH3 is 2. The van der Waals surface area contributed by atoms with Crippen LogP contribution in [0.2, 0.25) is 0 Å². The highest BCUT2D eigenvalue weighted by molar-refractivity contribution is 5.83. The van der Waals surface area contributed by atoms with Gasteiger partial charge in [0.05, 0.1) is 29.8 Å². The lowest BCUT2D eigenvalue weighted by Gasteiger charge is -2.53. The van der Waals surface area contributed by atoms with Gasteiger partial charge >= 0.3 is 5.97 Å². The number of ether oxygens (including phenoxy) is 5.